The summed E-state index contributed by atoms with van der Waals surface area (Å²) in [5.74, 6) is -3.85. The van der Waals surface area contributed by atoms with Crippen LogP contribution in [0.15, 0.2) is 40.8 Å². The molecule has 0 bridgehead atoms. The van der Waals surface area contributed by atoms with Gasteiger partial charge in [-0.15, -0.1) is 0 Å². The lowest BCUT2D eigenvalue weighted by atomic mass is 10.1. The highest BCUT2D eigenvalue weighted by atomic mass is 19.2. The second-order valence-electron chi connectivity index (χ2n) is 4.10. The smallest absolute Gasteiger partial charge is 0.336 e. The summed E-state index contributed by atoms with van der Waals surface area (Å²) in [6.45, 7) is 0. The minimum Gasteiger partial charge on any atom is -0.478 e. The Labute approximate surface area is 111 Å². The molecule has 0 aliphatic rings. The van der Waals surface area contributed by atoms with Crippen LogP contribution in [-0.2, 0) is 0 Å². The van der Waals surface area contributed by atoms with Crippen molar-refractivity contribution in [2.24, 2.45) is 0 Å². The Hall–Kier alpha value is -2.76. The van der Waals surface area contributed by atoms with Gasteiger partial charge in [-0.2, -0.15) is 0 Å². The zero-order chi connectivity index (χ0) is 14.3. The molecule has 100 valence electrons. The molecular weight excluding hydrogens is 268 g/mol. The third kappa shape index (κ3) is 1.91. The van der Waals surface area contributed by atoms with E-state index in [2.05, 4.69) is 4.98 Å². The molecule has 1 aromatic heterocycles. The topological polar surface area (TPSA) is 63.3 Å². The van der Waals surface area contributed by atoms with Gasteiger partial charge in [-0.1, -0.05) is 12.1 Å². The molecule has 4 nitrogen and oxygen atoms in total. The molecule has 1 heterocycles. The fourth-order valence-corrected chi connectivity index (χ4v) is 1.89. The van der Waals surface area contributed by atoms with E-state index in [0.29, 0.717) is 17.2 Å². The van der Waals surface area contributed by atoms with Gasteiger partial charge in [0, 0.05) is 0 Å². The summed E-state index contributed by atoms with van der Waals surface area (Å²) >= 11 is 0. The molecule has 6 heteroatoms. The van der Waals surface area contributed by atoms with Crippen LogP contribution in [0, 0.1) is 11.6 Å². The molecule has 0 radical (unpaired) electrons. The summed E-state index contributed by atoms with van der Waals surface area (Å²) in [6, 6.07) is 8.15. The van der Waals surface area contributed by atoms with Crippen LogP contribution in [0.2, 0.25) is 0 Å². The van der Waals surface area contributed by atoms with E-state index in [1.807, 2.05) is 0 Å². The molecule has 0 saturated carbocycles. The standard InChI is InChI=1S/C14H7F2NO3/c15-9-5-7(8(14(18)19)6-10(9)16)13-17-11-3-1-2-4-12(11)20-13/h1-6H,(H,18,19). The molecule has 0 atom stereocenters. The average molecular weight is 275 g/mol. The quantitative estimate of drug-likeness (QED) is 0.777. The van der Waals surface area contributed by atoms with Gasteiger partial charge in [0.2, 0.25) is 5.89 Å². The Bertz CT molecular complexity index is 793. The van der Waals surface area contributed by atoms with E-state index in [9.17, 15) is 13.6 Å². The Balaban J connectivity index is 2.27. The molecule has 0 saturated heterocycles. The van der Waals surface area contributed by atoms with Crippen molar-refractivity contribution in [2.75, 3.05) is 0 Å². The maximum Gasteiger partial charge on any atom is 0.336 e. The van der Waals surface area contributed by atoms with Crippen LogP contribution >= 0.6 is 0 Å². The number of fused-ring (bicyclic) bond motifs is 1. The Morgan fingerprint density at radius 1 is 1.15 bits per heavy atom. The molecule has 2 aromatic carbocycles. The summed E-state index contributed by atoms with van der Waals surface area (Å²) in [6.07, 6.45) is 0. The van der Waals surface area contributed by atoms with Gasteiger partial charge in [-0.05, 0) is 24.3 Å². The molecule has 0 unspecified atom stereocenters. The highest BCUT2D eigenvalue weighted by molar-refractivity contribution is 5.95. The maximum atomic E-state index is 13.3. The maximum absolute atomic E-state index is 13.3. The number of hydrogen-bond donors (Lipinski definition) is 1. The number of hydrogen-bond acceptors (Lipinski definition) is 3. The van der Waals surface area contributed by atoms with Crippen LogP contribution in [0.3, 0.4) is 0 Å². The first-order chi connectivity index (χ1) is 9.56. The van der Waals surface area contributed by atoms with Gasteiger partial charge >= 0.3 is 5.97 Å². The molecule has 20 heavy (non-hydrogen) atoms. The molecule has 1 N–H and O–H groups in total. The number of rotatable bonds is 2. The number of aromatic carboxylic acids is 1. The fraction of sp³-hybridized carbons (Fsp3) is 0. The van der Waals surface area contributed by atoms with Crippen LogP contribution in [0.4, 0.5) is 8.78 Å². The first kappa shape index (κ1) is 12.3. The second-order valence-corrected chi connectivity index (χ2v) is 4.10. The van der Waals surface area contributed by atoms with Crippen molar-refractivity contribution in [1.29, 1.82) is 0 Å². The van der Waals surface area contributed by atoms with E-state index >= 15 is 0 Å². The number of aromatic nitrogens is 1. The fourth-order valence-electron chi connectivity index (χ4n) is 1.89. The summed E-state index contributed by atoms with van der Waals surface area (Å²) in [7, 11) is 0. The molecule has 0 spiro atoms. The first-order valence-corrected chi connectivity index (χ1v) is 5.64. The number of halogens is 2. The summed E-state index contributed by atoms with van der Waals surface area (Å²) in [5, 5.41) is 9.06. The third-order valence-corrected chi connectivity index (χ3v) is 2.82. The molecule has 3 rings (SSSR count). The SMILES string of the molecule is O=C(O)c1cc(F)c(F)cc1-c1nc2ccccc2o1. The van der Waals surface area contributed by atoms with E-state index in [1.165, 1.54) is 0 Å². The molecular formula is C14H7F2NO3. The summed E-state index contributed by atoms with van der Waals surface area (Å²) in [5.41, 5.74) is 0.426. The molecule has 3 aromatic rings. The van der Waals surface area contributed by atoms with Gasteiger partial charge in [-0.3, -0.25) is 0 Å². The van der Waals surface area contributed by atoms with Crippen molar-refractivity contribution in [3.8, 4) is 11.5 Å². The first-order valence-electron chi connectivity index (χ1n) is 5.64. The van der Waals surface area contributed by atoms with Crippen molar-refractivity contribution in [2.45, 2.75) is 0 Å². The predicted molar refractivity (Wildman–Crippen MR) is 66.3 cm³/mol. The average Bonchev–Trinajstić information content (AvgIpc) is 2.84. The lowest BCUT2D eigenvalue weighted by molar-refractivity contribution is 0.0697. The highest BCUT2D eigenvalue weighted by Crippen LogP contribution is 2.28. The normalized spacial score (nSPS) is 10.9. The molecule has 0 fully saturated rings. The van der Waals surface area contributed by atoms with Gasteiger partial charge in [0.25, 0.3) is 0 Å². The van der Waals surface area contributed by atoms with Gasteiger partial charge in [-0.25, -0.2) is 18.6 Å². The lowest BCUT2D eigenvalue weighted by Gasteiger charge is -2.03. The van der Waals surface area contributed by atoms with E-state index < -0.39 is 23.2 Å². The van der Waals surface area contributed by atoms with E-state index in [-0.39, 0.29) is 11.5 Å². The van der Waals surface area contributed by atoms with E-state index in [4.69, 9.17) is 9.52 Å². The third-order valence-electron chi connectivity index (χ3n) is 2.82. The van der Waals surface area contributed by atoms with Crippen LogP contribution in [0.5, 0.6) is 0 Å². The number of carbonyl (C=O) groups is 1. The Kier molecular flexibility index (Phi) is 2.71. The number of carboxylic acids is 1. The Morgan fingerprint density at radius 2 is 1.85 bits per heavy atom. The summed E-state index contributed by atoms with van der Waals surface area (Å²) < 4.78 is 31.9. The van der Waals surface area contributed by atoms with Crippen molar-refractivity contribution in [1.82, 2.24) is 4.98 Å². The number of para-hydroxylation sites is 2. The van der Waals surface area contributed by atoms with Crippen molar-refractivity contribution in [3.63, 3.8) is 0 Å². The zero-order valence-electron chi connectivity index (χ0n) is 9.93. The van der Waals surface area contributed by atoms with Gasteiger partial charge in [0.15, 0.2) is 17.2 Å². The number of carboxylic acid groups (broad SMARTS) is 1. The van der Waals surface area contributed by atoms with Crippen LogP contribution in [0.1, 0.15) is 10.4 Å². The highest BCUT2D eigenvalue weighted by Gasteiger charge is 2.20. The number of nitrogens with zero attached hydrogens (tertiary/aromatic N) is 1. The van der Waals surface area contributed by atoms with Gasteiger partial charge < -0.3 is 9.52 Å². The van der Waals surface area contributed by atoms with E-state index in [1.54, 1.807) is 24.3 Å². The van der Waals surface area contributed by atoms with Crippen LogP contribution in [-0.4, -0.2) is 16.1 Å². The molecule has 0 amide bonds. The second kappa shape index (κ2) is 4.41. The largest absolute Gasteiger partial charge is 0.478 e. The van der Waals surface area contributed by atoms with Crippen molar-refractivity contribution < 1.29 is 23.1 Å². The van der Waals surface area contributed by atoms with Crippen LogP contribution < -0.4 is 0 Å². The molecule has 0 aliphatic heterocycles. The lowest BCUT2D eigenvalue weighted by Crippen LogP contribution is -2.02. The number of benzene rings is 2. The Morgan fingerprint density at radius 3 is 2.55 bits per heavy atom. The monoisotopic (exact) mass is 275 g/mol. The minimum absolute atomic E-state index is 0.0671. The van der Waals surface area contributed by atoms with Crippen molar-refractivity contribution in [3.05, 3.63) is 53.6 Å². The summed E-state index contributed by atoms with van der Waals surface area (Å²) in [4.78, 5) is 15.2. The van der Waals surface area contributed by atoms with Gasteiger partial charge in [0.05, 0.1) is 11.1 Å². The van der Waals surface area contributed by atoms with Crippen molar-refractivity contribution >= 4 is 17.1 Å². The molecule has 0 aliphatic carbocycles. The zero-order valence-corrected chi connectivity index (χ0v) is 9.93. The minimum atomic E-state index is -1.39. The number of oxazole rings is 1. The predicted octanol–water partition coefficient (Wildman–Crippen LogP) is 3.47. The van der Waals surface area contributed by atoms with Crippen LogP contribution in [0.25, 0.3) is 22.6 Å². The van der Waals surface area contributed by atoms with E-state index in [0.717, 1.165) is 6.07 Å². The van der Waals surface area contributed by atoms with Gasteiger partial charge in [0.1, 0.15) is 5.52 Å².